The molecule has 0 unspecified atom stereocenters. The Balaban J connectivity index is 1.72. The number of carbonyl (C=O) groups is 1. The fourth-order valence-electron chi connectivity index (χ4n) is 3.19. The smallest absolute Gasteiger partial charge is 0.226 e. The van der Waals surface area contributed by atoms with Crippen LogP contribution in [-0.2, 0) is 4.79 Å². The molecule has 3 nitrogen and oxygen atoms in total. The zero-order valence-corrected chi connectivity index (χ0v) is 11.2. The van der Waals surface area contributed by atoms with Crippen molar-refractivity contribution in [2.75, 3.05) is 13.1 Å². The van der Waals surface area contributed by atoms with Gasteiger partial charge in [0, 0.05) is 25.0 Å². The average molecular weight is 280 g/mol. The monoisotopic (exact) mass is 280 g/mol. The van der Waals surface area contributed by atoms with Crippen LogP contribution >= 0.6 is 0 Å². The van der Waals surface area contributed by atoms with Gasteiger partial charge in [-0.3, -0.25) is 4.79 Å². The van der Waals surface area contributed by atoms with Crippen molar-refractivity contribution in [3.8, 4) is 0 Å². The molecular weight excluding hydrogens is 262 g/mol. The normalized spacial score (nSPS) is 28.8. The van der Waals surface area contributed by atoms with Gasteiger partial charge in [-0.2, -0.15) is 0 Å². The van der Waals surface area contributed by atoms with Gasteiger partial charge in [-0.1, -0.05) is 0 Å². The van der Waals surface area contributed by atoms with E-state index in [9.17, 15) is 13.6 Å². The van der Waals surface area contributed by atoms with Gasteiger partial charge in [-0.25, -0.2) is 8.78 Å². The molecule has 1 aliphatic carbocycles. The van der Waals surface area contributed by atoms with E-state index in [0.717, 1.165) is 31.5 Å². The topological polar surface area (TPSA) is 46.3 Å². The maximum absolute atomic E-state index is 13.7. The molecule has 0 radical (unpaired) electrons. The van der Waals surface area contributed by atoms with Crippen LogP contribution in [-0.4, -0.2) is 29.9 Å². The van der Waals surface area contributed by atoms with E-state index in [4.69, 9.17) is 5.73 Å². The van der Waals surface area contributed by atoms with Crippen LogP contribution in [0.1, 0.15) is 30.7 Å². The fourth-order valence-corrected chi connectivity index (χ4v) is 3.19. The summed E-state index contributed by atoms with van der Waals surface area (Å²) in [6.07, 6.45) is 2.51. The molecule has 20 heavy (non-hydrogen) atoms. The number of nitrogens with zero attached hydrogens (tertiary/aromatic N) is 1. The Morgan fingerprint density at radius 1 is 1.40 bits per heavy atom. The highest BCUT2D eigenvalue weighted by Crippen LogP contribution is 2.50. The van der Waals surface area contributed by atoms with E-state index in [0.29, 0.717) is 18.5 Å². The molecule has 0 aromatic heterocycles. The Morgan fingerprint density at radius 3 is 2.95 bits per heavy atom. The molecular formula is C15H18F2N2O. The quantitative estimate of drug-likeness (QED) is 0.920. The third-order valence-corrected chi connectivity index (χ3v) is 4.40. The summed E-state index contributed by atoms with van der Waals surface area (Å²) in [5.74, 6) is -1.23. The van der Waals surface area contributed by atoms with Gasteiger partial charge in [-0.05, 0) is 48.9 Å². The zero-order valence-electron chi connectivity index (χ0n) is 11.2. The Morgan fingerprint density at radius 2 is 2.20 bits per heavy atom. The molecule has 1 saturated carbocycles. The van der Waals surface area contributed by atoms with Crippen LogP contribution in [0.5, 0.6) is 0 Å². The van der Waals surface area contributed by atoms with Crippen molar-refractivity contribution >= 4 is 5.91 Å². The van der Waals surface area contributed by atoms with Gasteiger partial charge in [0.15, 0.2) is 0 Å². The second-order valence-corrected chi connectivity index (χ2v) is 5.68. The molecule has 3 rings (SSSR count). The van der Waals surface area contributed by atoms with Crippen molar-refractivity contribution < 1.29 is 13.6 Å². The van der Waals surface area contributed by atoms with E-state index in [2.05, 4.69) is 0 Å². The highest BCUT2D eigenvalue weighted by atomic mass is 19.1. The lowest BCUT2D eigenvalue weighted by Crippen LogP contribution is -2.40. The highest BCUT2D eigenvalue weighted by Gasteiger charge is 2.48. The maximum atomic E-state index is 13.7. The van der Waals surface area contributed by atoms with E-state index in [-0.39, 0.29) is 23.8 Å². The molecule has 0 bridgehead atoms. The van der Waals surface area contributed by atoms with Crippen molar-refractivity contribution in [2.45, 2.75) is 31.2 Å². The molecule has 1 aliphatic heterocycles. The Bertz CT molecular complexity index is 535. The van der Waals surface area contributed by atoms with Crippen LogP contribution in [0, 0.1) is 17.6 Å². The Kier molecular flexibility index (Phi) is 3.46. The molecule has 2 fully saturated rings. The van der Waals surface area contributed by atoms with Gasteiger partial charge in [-0.15, -0.1) is 0 Å². The van der Waals surface area contributed by atoms with Gasteiger partial charge >= 0.3 is 0 Å². The lowest BCUT2D eigenvalue weighted by atomic mass is 10.1. The van der Waals surface area contributed by atoms with E-state index >= 15 is 0 Å². The van der Waals surface area contributed by atoms with Crippen LogP contribution in [0.15, 0.2) is 18.2 Å². The van der Waals surface area contributed by atoms with E-state index in [1.807, 2.05) is 4.90 Å². The molecule has 3 atom stereocenters. The van der Waals surface area contributed by atoms with Crippen LogP contribution in [0.2, 0.25) is 0 Å². The summed E-state index contributed by atoms with van der Waals surface area (Å²) in [6.45, 7) is 1.20. The first-order chi connectivity index (χ1) is 9.61. The summed E-state index contributed by atoms with van der Waals surface area (Å²) < 4.78 is 26.9. The average Bonchev–Trinajstić information content (AvgIpc) is 3.09. The zero-order chi connectivity index (χ0) is 14.3. The number of rotatable bonds is 3. The molecule has 1 saturated heterocycles. The molecule has 0 spiro atoms. The van der Waals surface area contributed by atoms with E-state index < -0.39 is 11.6 Å². The predicted molar refractivity (Wildman–Crippen MR) is 71.0 cm³/mol. The molecule has 2 N–H and O–H groups in total. The third kappa shape index (κ3) is 2.30. The molecule has 1 aromatic carbocycles. The predicted octanol–water partition coefficient (Wildman–Crippen LogP) is 2.02. The van der Waals surface area contributed by atoms with Gasteiger partial charge < -0.3 is 10.6 Å². The minimum absolute atomic E-state index is 0.0478. The number of amides is 1. The largest absolute Gasteiger partial charge is 0.338 e. The minimum atomic E-state index is -0.458. The lowest BCUT2D eigenvalue weighted by molar-refractivity contribution is -0.133. The second kappa shape index (κ2) is 5.13. The van der Waals surface area contributed by atoms with Crippen LogP contribution in [0.25, 0.3) is 0 Å². The highest BCUT2D eigenvalue weighted by molar-refractivity contribution is 5.83. The van der Waals surface area contributed by atoms with E-state index in [1.165, 1.54) is 6.07 Å². The van der Waals surface area contributed by atoms with E-state index in [1.54, 1.807) is 0 Å². The van der Waals surface area contributed by atoms with Gasteiger partial charge in [0.25, 0.3) is 0 Å². The molecule has 2 aliphatic rings. The summed E-state index contributed by atoms with van der Waals surface area (Å²) in [6, 6.07) is 3.55. The van der Waals surface area contributed by atoms with Crippen molar-refractivity contribution in [1.29, 1.82) is 0 Å². The Labute approximate surface area is 116 Å². The standard InChI is InChI=1S/C15H18F2N2O/c16-9-3-4-14(17)12(6-9)11-7-13(11)15(20)19-5-1-2-10(19)8-18/h3-4,6,10-11,13H,1-2,5,7-8,18H2/t10-,11+,13+/m0/s1. The molecule has 5 heteroatoms. The fraction of sp³-hybridized carbons (Fsp3) is 0.533. The molecule has 1 heterocycles. The van der Waals surface area contributed by atoms with Crippen LogP contribution in [0.4, 0.5) is 8.78 Å². The number of halogens is 2. The third-order valence-electron chi connectivity index (χ3n) is 4.40. The number of nitrogens with two attached hydrogens (primary N) is 1. The summed E-state index contributed by atoms with van der Waals surface area (Å²) >= 11 is 0. The SMILES string of the molecule is NC[C@@H]1CCCN1C(=O)[C@@H]1C[C@@H]1c1cc(F)ccc1F. The van der Waals surface area contributed by atoms with Gasteiger partial charge in [0.05, 0.1) is 0 Å². The number of hydrogen-bond donors (Lipinski definition) is 1. The summed E-state index contributed by atoms with van der Waals surface area (Å²) in [5.41, 5.74) is 5.99. The first-order valence-electron chi connectivity index (χ1n) is 7.07. The minimum Gasteiger partial charge on any atom is -0.338 e. The second-order valence-electron chi connectivity index (χ2n) is 5.68. The van der Waals surface area contributed by atoms with Gasteiger partial charge in [0.2, 0.25) is 5.91 Å². The van der Waals surface area contributed by atoms with Gasteiger partial charge in [0.1, 0.15) is 11.6 Å². The van der Waals surface area contributed by atoms with Crippen molar-refractivity contribution in [3.63, 3.8) is 0 Å². The number of likely N-dealkylation sites (tertiary alicyclic amines) is 1. The van der Waals surface area contributed by atoms with Crippen molar-refractivity contribution in [3.05, 3.63) is 35.4 Å². The lowest BCUT2D eigenvalue weighted by Gasteiger charge is -2.23. The number of hydrogen-bond acceptors (Lipinski definition) is 2. The van der Waals surface area contributed by atoms with Crippen molar-refractivity contribution in [2.24, 2.45) is 11.7 Å². The number of benzene rings is 1. The summed E-state index contributed by atoms with van der Waals surface area (Å²) in [7, 11) is 0. The first-order valence-corrected chi connectivity index (χ1v) is 7.07. The molecule has 108 valence electrons. The summed E-state index contributed by atoms with van der Waals surface area (Å²) in [4.78, 5) is 14.2. The number of carbonyl (C=O) groups excluding carboxylic acids is 1. The summed E-state index contributed by atoms with van der Waals surface area (Å²) in [5, 5.41) is 0. The van der Waals surface area contributed by atoms with Crippen LogP contribution in [0.3, 0.4) is 0 Å². The molecule has 1 amide bonds. The molecule has 1 aromatic rings. The van der Waals surface area contributed by atoms with Crippen molar-refractivity contribution in [1.82, 2.24) is 4.90 Å². The van der Waals surface area contributed by atoms with Crippen LogP contribution < -0.4 is 5.73 Å². The Hall–Kier alpha value is -1.49. The first kappa shape index (κ1) is 13.5. The maximum Gasteiger partial charge on any atom is 0.226 e.